The van der Waals surface area contributed by atoms with Gasteiger partial charge >= 0.3 is 0 Å². The van der Waals surface area contributed by atoms with Crippen LogP contribution in [0.15, 0.2) is 84.9 Å². The van der Waals surface area contributed by atoms with Crippen LogP contribution in [0.25, 0.3) is 0 Å². The highest BCUT2D eigenvalue weighted by Crippen LogP contribution is 2.38. The van der Waals surface area contributed by atoms with Gasteiger partial charge in [-0.25, -0.2) is 0 Å². The van der Waals surface area contributed by atoms with Gasteiger partial charge in [-0.15, -0.1) is 0 Å². The highest BCUT2D eigenvalue weighted by molar-refractivity contribution is 5.50. The Morgan fingerprint density at radius 3 is 1.06 bits per heavy atom. The van der Waals surface area contributed by atoms with Crippen molar-refractivity contribution in [1.29, 1.82) is 0 Å². The fourth-order valence-electron chi connectivity index (χ4n) is 8.11. The van der Waals surface area contributed by atoms with E-state index in [-0.39, 0.29) is 0 Å². The van der Waals surface area contributed by atoms with Gasteiger partial charge < -0.3 is 11.5 Å². The topological polar surface area (TPSA) is 52.0 Å². The fraction of sp³-hybridized carbons (Fsp3) is 0.500. The summed E-state index contributed by atoms with van der Waals surface area (Å²) in [7, 11) is 0. The molecule has 0 saturated heterocycles. The molecule has 2 atom stereocenters. The number of unbranched alkanes of at least 4 members (excludes halogenated alkanes) is 10. The van der Waals surface area contributed by atoms with Crippen LogP contribution in [-0.4, -0.2) is 0 Å². The normalized spacial score (nSPS) is 13.3. The van der Waals surface area contributed by atoms with Gasteiger partial charge in [0.2, 0.25) is 0 Å². The van der Waals surface area contributed by atoms with E-state index < -0.39 is 0 Å². The van der Waals surface area contributed by atoms with E-state index in [0.717, 1.165) is 24.2 Å². The largest absolute Gasteiger partial charge is 0.399 e. The molecule has 270 valence electrons. The van der Waals surface area contributed by atoms with Gasteiger partial charge in [-0.3, -0.25) is 0 Å². The summed E-state index contributed by atoms with van der Waals surface area (Å²) in [5.41, 5.74) is 25.1. The molecular weight excluding hydrogens is 605 g/mol. The highest BCUT2D eigenvalue weighted by Gasteiger charge is 2.21. The summed E-state index contributed by atoms with van der Waals surface area (Å²) < 4.78 is 0. The standard InChI is InChI=1S/C48H68N2/c1-6-9-12-13-14-15-16-17-18-21-46(38-22-26-40(27-23-38)47(19-10-7-2)44-32-30-42(49)34-36(44)4)39-24-28-41(29-25-39)48(20-11-8-3)45-33-31-43(50)35-37(45)5/h22-35,46-48H,6-21,49-50H2,1-5H3. The molecule has 0 aliphatic rings. The molecule has 4 aromatic rings. The van der Waals surface area contributed by atoms with E-state index in [4.69, 9.17) is 11.5 Å². The van der Waals surface area contributed by atoms with E-state index in [1.54, 1.807) is 0 Å². The van der Waals surface area contributed by atoms with Crippen molar-refractivity contribution in [1.82, 2.24) is 0 Å². The van der Waals surface area contributed by atoms with E-state index in [1.165, 1.54) is 134 Å². The molecule has 4 aromatic carbocycles. The molecule has 2 nitrogen and oxygen atoms in total. The van der Waals surface area contributed by atoms with Crippen molar-refractivity contribution in [3.8, 4) is 0 Å². The van der Waals surface area contributed by atoms with E-state index in [1.807, 2.05) is 0 Å². The minimum Gasteiger partial charge on any atom is -0.399 e. The van der Waals surface area contributed by atoms with Gasteiger partial charge in [-0.2, -0.15) is 0 Å². The highest BCUT2D eigenvalue weighted by atomic mass is 14.5. The summed E-state index contributed by atoms with van der Waals surface area (Å²) in [6.45, 7) is 11.3. The van der Waals surface area contributed by atoms with Crippen molar-refractivity contribution < 1.29 is 0 Å². The van der Waals surface area contributed by atoms with Crippen LogP contribution in [0.5, 0.6) is 0 Å². The summed E-state index contributed by atoms with van der Waals surface area (Å²) in [6.07, 6.45) is 20.6. The molecule has 2 heteroatoms. The number of anilines is 2. The maximum Gasteiger partial charge on any atom is 0.0316 e. The van der Waals surface area contributed by atoms with Crippen LogP contribution in [0.3, 0.4) is 0 Å². The smallest absolute Gasteiger partial charge is 0.0316 e. The molecule has 50 heavy (non-hydrogen) atoms. The Morgan fingerprint density at radius 2 is 0.700 bits per heavy atom. The zero-order chi connectivity index (χ0) is 35.7. The third kappa shape index (κ3) is 11.5. The Balaban J connectivity index is 1.58. The van der Waals surface area contributed by atoms with Crippen LogP contribution in [0.4, 0.5) is 11.4 Å². The number of rotatable bonds is 22. The van der Waals surface area contributed by atoms with Crippen LogP contribution in [0.2, 0.25) is 0 Å². The first-order chi connectivity index (χ1) is 24.4. The minimum atomic E-state index is 0.400. The maximum absolute atomic E-state index is 6.15. The van der Waals surface area contributed by atoms with Gasteiger partial charge in [0.1, 0.15) is 0 Å². The Bertz CT molecular complexity index is 1430. The van der Waals surface area contributed by atoms with Gasteiger partial charge in [0.05, 0.1) is 0 Å². The third-order valence-electron chi connectivity index (χ3n) is 11.1. The van der Waals surface area contributed by atoms with Crippen LogP contribution in [0, 0.1) is 13.8 Å². The van der Waals surface area contributed by atoms with E-state index in [9.17, 15) is 0 Å². The monoisotopic (exact) mass is 673 g/mol. The molecule has 0 saturated carbocycles. The third-order valence-corrected chi connectivity index (χ3v) is 11.1. The molecule has 0 spiro atoms. The Hall–Kier alpha value is -3.52. The van der Waals surface area contributed by atoms with Crippen LogP contribution >= 0.6 is 0 Å². The molecule has 0 amide bonds. The Kier molecular flexibility index (Phi) is 16.5. The lowest BCUT2D eigenvalue weighted by atomic mass is 9.81. The lowest BCUT2D eigenvalue weighted by molar-refractivity contribution is 0.545. The van der Waals surface area contributed by atoms with Crippen molar-refractivity contribution in [3.05, 3.63) is 129 Å². The molecule has 0 aliphatic carbocycles. The Morgan fingerprint density at radius 1 is 0.380 bits per heavy atom. The first kappa shape index (κ1) is 39.3. The van der Waals surface area contributed by atoms with Gasteiger partial charge in [-0.05, 0) is 102 Å². The lowest BCUT2D eigenvalue weighted by Gasteiger charge is -2.24. The average molecular weight is 673 g/mol. The summed E-state index contributed by atoms with van der Waals surface area (Å²) in [5.74, 6) is 1.20. The molecule has 0 bridgehead atoms. The number of benzene rings is 4. The second kappa shape index (κ2) is 21.0. The van der Waals surface area contributed by atoms with Crippen LogP contribution in [-0.2, 0) is 0 Å². The van der Waals surface area contributed by atoms with Gasteiger partial charge in [0.25, 0.3) is 0 Å². The van der Waals surface area contributed by atoms with Crippen LogP contribution < -0.4 is 11.5 Å². The molecule has 2 unspecified atom stereocenters. The zero-order valence-corrected chi connectivity index (χ0v) is 32.3. The summed E-state index contributed by atoms with van der Waals surface area (Å²) in [4.78, 5) is 0. The molecule has 0 aromatic heterocycles. The van der Waals surface area contributed by atoms with Gasteiger partial charge in [0.15, 0.2) is 0 Å². The number of hydrogen-bond donors (Lipinski definition) is 2. The summed E-state index contributed by atoms with van der Waals surface area (Å²) in [6, 6.07) is 32.4. The first-order valence-corrected chi connectivity index (χ1v) is 20.3. The number of nitrogen functional groups attached to an aromatic ring is 2. The van der Waals surface area contributed by atoms with Crippen LogP contribution in [0.1, 0.15) is 186 Å². The molecule has 0 heterocycles. The first-order valence-electron chi connectivity index (χ1n) is 20.3. The number of aryl methyl sites for hydroxylation is 2. The quantitative estimate of drug-likeness (QED) is 0.0645. The van der Waals surface area contributed by atoms with Gasteiger partial charge in [0, 0.05) is 29.1 Å². The second-order valence-corrected chi connectivity index (χ2v) is 15.1. The molecule has 0 fully saturated rings. The van der Waals surface area contributed by atoms with Gasteiger partial charge in [-0.1, -0.05) is 165 Å². The Labute approximate surface area is 306 Å². The molecule has 4 N–H and O–H groups in total. The maximum atomic E-state index is 6.15. The SMILES string of the molecule is CCCCCCCCCCCC(c1ccc(C(CCCC)c2ccc(N)cc2C)cc1)c1ccc(C(CCCC)c2ccc(N)cc2C)cc1. The zero-order valence-electron chi connectivity index (χ0n) is 32.3. The van der Waals surface area contributed by atoms with E-state index >= 15 is 0 Å². The van der Waals surface area contributed by atoms with E-state index in [2.05, 4.69) is 120 Å². The van der Waals surface area contributed by atoms with Crippen molar-refractivity contribution in [2.75, 3.05) is 11.5 Å². The number of hydrogen-bond acceptors (Lipinski definition) is 2. The predicted molar refractivity (Wildman–Crippen MR) is 220 cm³/mol. The minimum absolute atomic E-state index is 0.400. The molecule has 4 rings (SSSR count). The van der Waals surface area contributed by atoms with Crippen molar-refractivity contribution >= 4 is 11.4 Å². The predicted octanol–water partition coefficient (Wildman–Crippen LogP) is 14.2. The second-order valence-electron chi connectivity index (χ2n) is 15.1. The molecule has 0 aliphatic heterocycles. The molecule has 0 radical (unpaired) electrons. The lowest BCUT2D eigenvalue weighted by Crippen LogP contribution is -2.07. The van der Waals surface area contributed by atoms with Crippen molar-refractivity contribution in [3.63, 3.8) is 0 Å². The number of nitrogens with two attached hydrogens (primary N) is 2. The summed E-state index contributed by atoms with van der Waals surface area (Å²) >= 11 is 0. The van der Waals surface area contributed by atoms with Crippen molar-refractivity contribution in [2.24, 2.45) is 0 Å². The van der Waals surface area contributed by atoms with Crippen molar-refractivity contribution in [2.45, 2.75) is 155 Å². The fourth-order valence-corrected chi connectivity index (χ4v) is 8.11. The van der Waals surface area contributed by atoms with E-state index in [0.29, 0.717) is 17.8 Å². The molecular formula is C48H68N2. The summed E-state index contributed by atoms with van der Waals surface area (Å²) in [5, 5.41) is 0. The average Bonchev–Trinajstić information content (AvgIpc) is 3.11.